The van der Waals surface area contributed by atoms with Crippen LogP contribution >= 0.6 is 0 Å². The molecule has 1 aliphatic heterocycles. The SMILES string of the molecule is CC(C)(C)OC(=O)N1CCCCC1c1ccc(N)cn1. The van der Waals surface area contributed by atoms with E-state index >= 15 is 0 Å². The van der Waals surface area contributed by atoms with E-state index in [-0.39, 0.29) is 12.1 Å². The molecule has 0 bridgehead atoms. The molecule has 1 amide bonds. The highest BCUT2D eigenvalue weighted by molar-refractivity contribution is 5.69. The van der Waals surface area contributed by atoms with Crippen molar-refractivity contribution < 1.29 is 9.53 Å². The Hall–Kier alpha value is -1.78. The molecule has 1 fully saturated rings. The lowest BCUT2D eigenvalue weighted by atomic mass is 9.99. The number of likely N-dealkylation sites (tertiary alicyclic amines) is 1. The number of aromatic nitrogens is 1. The van der Waals surface area contributed by atoms with Crippen molar-refractivity contribution in [2.24, 2.45) is 0 Å². The molecule has 1 unspecified atom stereocenters. The highest BCUT2D eigenvalue weighted by atomic mass is 16.6. The molecule has 0 aliphatic carbocycles. The number of piperidine rings is 1. The average Bonchev–Trinajstić information content (AvgIpc) is 2.38. The van der Waals surface area contributed by atoms with E-state index in [2.05, 4.69) is 4.98 Å². The lowest BCUT2D eigenvalue weighted by Crippen LogP contribution is -2.42. The summed E-state index contributed by atoms with van der Waals surface area (Å²) >= 11 is 0. The fourth-order valence-electron chi connectivity index (χ4n) is 2.39. The summed E-state index contributed by atoms with van der Waals surface area (Å²) in [5.74, 6) is 0. The summed E-state index contributed by atoms with van der Waals surface area (Å²) in [6, 6.07) is 3.70. The quantitative estimate of drug-likeness (QED) is 0.856. The van der Waals surface area contributed by atoms with E-state index < -0.39 is 5.60 Å². The zero-order valence-corrected chi connectivity index (χ0v) is 12.4. The summed E-state index contributed by atoms with van der Waals surface area (Å²) in [6.07, 6.45) is 4.38. The predicted molar refractivity (Wildman–Crippen MR) is 78.2 cm³/mol. The third-order valence-corrected chi connectivity index (χ3v) is 3.28. The fraction of sp³-hybridized carbons (Fsp3) is 0.600. The molecule has 1 saturated heterocycles. The Labute approximate surface area is 120 Å². The van der Waals surface area contributed by atoms with E-state index in [9.17, 15) is 4.79 Å². The van der Waals surface area contributed by atoms with Gasteiger partial charge >= 0.3 is 6.09 Å². The van der Waals surface area contributed by atoms with Gasteiger partial charge in [-0.05, 0) is 52.2 Å². The van der Waals surface area contributed by atoms with Crippen molar-refractivity contribution >= 4 is 11.8 Å². The lowest BCUT2D eigenvalue weighted by Gasteiger charge is -2.36. The van der Waals surface area contributed by atoms with Crippen LogP contribution in [0.5, 0.6) is 0 Å². The van der Waals surface area contributed by atoms with Gasteiger partial charge in [0, 0.05) is 6.54 Å². The molecule has 1 aromatic rings. The maximum absolute atomic E-state index is 12.3. The molecule has 5 nitrogen and oxygen atoms in total. The van der Waals surface area contributed by atoms with Crippen molar-refractivity contribution in [3.05, 3.63) is 24.0 Å². The Kier molecular flexibility index (Phi) is 4.16. The fourth-order valence-corrected chi connectivity index (χ4v) is 2.39. The first kappa shape index (κ1) is 14.6. The van der Waals surface area contributed by atoms with Crippen molar-refractivity contribution in [2.45, 2.75) is 51.7 Å². The third-order valence-electron chi connectivity index (χ3n) is 3.28. The van der Waals surface area contributed by atoms with Gasteiger partial charge in [-0.15, -0.1) is 0 Å². The van der Waals surface area contributed by atoms with Gasteiger partial charge in [-0.3, -0.25) is 9.88 Å². The maximum atomic E-state index is 12.3. The number of hydrogen-bond acceptors (Lipinski definition) is 4. The Morgan fingerprint density at radius 3 is 2.75 bits per heavy atom. The zero-order chi connectivity index (χ0) is 14.8. The van der Waals surface area contributed by atoms with Crippen LogP contribution in [0.4, 0.5) is 10.5 Å². The van der Waals surface area contributed by atoms with Crippen molar-refractivity contribution in [2.75, 3.05) is 12.3 Å². The number of carbonyl (C=O) groups is 1. The second-order valence-corrected chi connectivity index (χ2v) is 6.20. The molecule has 5 heteroatoms. The molecule has 110 valence electrons. The van der Waals surface area contributed by atoms with Crippen LogP contribution in [-0.4, -0.2) is 28.1 Å². The average molecular weight is 277 g/mol. The molecule has 1 atom stereocenters. The Morgan fingerprint density at radius 1 is 1.40 bits per heavy atom. The van der Waals surface area contributed by atoms with Crippen LogP contribution in [0, 0.1) is 0 Å². The molecule has 2 N–H and O–H groups in total. The standard InChI is InChI=1S/C15H23N3O2/c1-15(2,3)20-14(19)18-9-5-4-6-13(18)12-8-7-11(16)10-17-12/h7-8,10,13H,4-6,9,16H2,1-3H3. The van der Waals surface area contributed by atoms with Crippen LogP contribution in [0.2, 0.25) is 0 Å². The molecule has 2 rings (SSSR count). The minimum atomic E-state index is -0.479. The minimum Gasteiger partial charge on any atom is -0.444 e. The van der Waals surface area contributed by atoms with Gasteiger partial charge in [0.25, 0.3) is 0 Å². The normalized spacial score (nSPS) is 19.8. The molecular weight excluding hydrogens is 254 g/mol. The third kappa shape index (κ3) is 3.62. The summed E-state index contributed by atoms with van der Waals surface area (Å²) in [7, 11) is 0. The number of nitrogen functional groups attached to an aromatic ring is 1. The summed E-state index contributed by atoms with van der Waals surface area (Å²) in [5, 5.41) is 0. The van der Waals surface area contributed by atoms with Crippen LogP contribution in [-0.2, 0) is 4.74 Å². The Bertz CT molecular complexity index is 465. The van der Waals surface area contributed by atoms with E-state index in [0.29, 0.717) is 12.2 Å². The molecule has 2 heterocycles. The van der Waals surface area contributed by atoms with Crippen LogP contribution in [0.3, 0.4) is 0 Å². The Morgan fingerprint density at radius 2 is 2.15 bits per heavy atom. The van der Waals surface area contributed by atoms with E-state index in [1.807, 2.05) is 32.9 Å². The van der Waals surface area contributed by atoms with Gasteiger partial charge < -0.3 is 10.5 Å². The van der Waals surface area contributed by atoms with Gasteiger partial charge in [0.2, 0.25) is 0 Å². The first-order valence-electron chi connectivity index (χ1n) is 7.08. The van der Waals surface area contributed by atoms with Gasteiger partial charge in [-0.2, -0.15) is 0 Å². The maximum Gasteiger partial charge on any atom is 0.410 e. The summed E-state index contributed by atoms with van der Waals surface area (Å²) in [5.41, 5.74) is 6.70. The highest BCUT2D eigenvalue weighted by Crippen LogP contribution is 2.31. The predicted octanol–water partition coefficient (Wildman–Crippen LogP) is 3.13. The first-order valence-corrected chi connectivity index (χ1v) is 7.08. The molecule has 1 aliphatic rings. The van der Waals surface area contributed by atoms with Crippen molar-refractivity contribution in [3.63, 3.8) is 0 Å². The molecule has 1 aromatic heterocycles. The van der Waals surface area contributed by atoms with Crippen LogP contribution in [0.25, 0.3) is 0 Å². The van der Waals surface area contributed by atoms with Crippen molar-refractivity contribution in [1.29, 1.82) is 0 Å². The summed E-state index contributed by atoms with van der Waals surface area (Å²) in [4.78, 5) is 18.5. The number of nitrogens with zero attached hydrogens (tertiary/aromatic N) is 2. The summed E-state index contributed by atoms with van der Waals surface area (Å²) < 4.78 is 5.49. The molecular formula is C15H23N3O2. The molecule has 20 heavy (non-hydrogen) atoms. The largest absolute Gasteiger partial charge is 0.444 e. The van der Waals surface area contributed by atoms with Gasteiger partial charge in [0.05, 0.1) is 23.6 Å². The number of carbonyl (C=O) groups excluding carboxylic acids is 1. The van der Waals surface area contributed by atoms with Crippen LogP contribution < -0.4 is 5.73 Å². The number of anilines is 1. The van der Waals surface area contributed by atoms with Gasteiger partial charge in [-0.25, -0.2) is 4.79 Å². The minimum absolute atomic E-state index is 0.0146. The van der Waals surface area contributed by atoms with Crippen LogP contribution in [0.1, 0.15) is 51.8 Å². The summed E-state index contributed by atoms with van der Waals surface area (Å²) in [6.45, 7) is 6.35. The molecule has 0 radical (unpaired) electrons. The van der Waals surface area contributed by atoms with Crippen molar-refractivity contribution in [1.82, 2.24) is 9.88 Å². The highest BCUT2D eigenvalue weighted by Gasteiger charge is 2.32. The van der Waals surface area contributed by atoms with Gasteiger partial charge in [-0.1, -0.05) is 0 Å². The first-order chi connectivity index (χ1) is 9.37. The van der Waals surface area contributed by atoms with Crippen molar-refractivity contribution in [3.8, 4) is 0 Å². The Balaban J connectivity index is 2.16. The second kappa shape index (κ2) is 5.69. The van der Waals surface area contributed by atoms with E-state index in [1.54, 1.807) is 11.1 Å². The molecule has 0 saturated carbocycles. The number of amides is 1. The van der Waals surface area contributed by atoms with Gasteiger partial charge in [0.15, 0.2) is 0 Å². The van der Waals surface area contributed by atoms with Gasteiger partial charge in [0.1, 0.15) is 5.60 Å². The number of hydrogen-bond donors (Lipinski definition) is 1. The van der Waals surface area contributed by atoms with Crippen LogP contribution in [0.15, 0.2) is 18.3 Å². The number of rotatable bonds is 1. The topological polar surface area (TPSA) is 68.5 Å². The monoisotopic (exact) mass is 277 g/mol. The van der Waals surface area contributed by atoms with E-state index in [4.69, 9.17) is 10.5 Å². The second-order valence-electron chi connectivity index (χ2n) is 6.20. The van der Waals surface area contributed by atoms with E-state index in [1.165, 1.54) is 0 Å². The molecule has 0 aromatic carbocycles. The molecule has 0 spiro atoms. The smallest absolute Gasteiger partial charge is 0.410 e. The number of nitrogens with two attached hydrogens (primary N) is 1. The van der Waals surface area contributed by atoms with E-state index in [0.717, 1.165) is 25.0 Å². The number of ether oxygens (including phenoxy) is 1. The number of pyridine rings is 1. The lowest BCUT2D eigenvalue weighted by molar-refractivity contribution is 0.00901. The zero-order valence-electron chi connectivity index (χ0n) is 12.4.